The van der Waals surface area contributed by atoms with Crippen LogP contribution >= 0.6 is 0 Å². The Bertz CT molecular complexity index is 655. The summed E-state index contributed by atoms with van der Waals surface area (Å²) in [6.07, 6.45) is 2.86. The van der Waals surface area contributed by atoms with E-state index in [0.29, 0.717) is 18.9 Å². The fourth-order valence-corrected chi connectivity index (χ4v) is 4.21. The van der Waals surface area contributed by atoms with Crippen LogP contribution < -0.4 is 4.90 Å². The first-order valence-corrected chi connectivity index (χ1v) is 8.41. The number of hydrogen-bond acceptors (Lipinski definition) is 3. The van der Waals surface area contributed by atoms with Gasteiger partial charge in [-0.3, -0.25) is 9.59 Å². The molecule has 0 radical (unpaired) electrons. The van der Waals surface area contributed by atoms with Crippen molar-refractivity contribution in [2.75, 3.05) is 18.1 Å². The zero-order valence-electron chi connectivity index (χ0n) is 13.3. The number of nitrogens with zero attached hydrogens (tertiary/aromatic N) is 2. The third-order valence-electron chi connectivity index (χ3n) is 5.52. The Morgan fingerprint density at radius 3 is 2.65 bits per heavy atom. The molecule has 1 aliphatic carbocycles. The number of aliphatic hydroxyl groups is 1. The van der Waals surface area contributed by atoms with Crippen LogP contribution in [0.2, 0.25) is 0 Å². The SMILES string of the molecule is CC(=O)N1C[C@H]2[C@@H](c3ccccc31)[C@H](CO)N2C(=O)CC1CC1. The number of benzene rings is 1. The number of aliphatic hydroxyl groups excluding tert-OH is 1. The minimum atomic E-state index is -0.151. The Kier molecular flexibility index (Phi) is 3.41. The lowest BCUT2D eigenvalue weighted by Gasteiger charge is -2.59. The molecule has 23 heavy (non-hydrogen) atoms. The van der Waals surface area contributed by atoms with Crippen molar-refractivity contribution in [1.82, 2.24) is 4.90 Å². The summed E-state index contributed by atoms with van der Waals surface area (Å²) in [7, 11) is 0. The average molecular weight is 314 g/mol. The standard InChI is InChI=1S/C18H22N2O3/c1-11(22)19-9-15-18(13-4-2-3-5-14(13)19)16(10-21)20(15)17(23)8-12-6-7-12/h2-5,12,15-16,18,21H,6-10H2,1H3/t15-,16-,18+/m0/s1. The van der Waals surface area contributed by atoms with Crippen molar-refractivity contribution in [2.45, 2.75) is 44.2 Å². The van der Waals surface area contributed by atoms with Gasteiger partial charge in [-0.15, -0.1) is 0 Å². The summed E-state index contributed by atoms with van der Waals surface area (Å²) < 4.78 is 0. The van der Waals surface area contributed by atoms with E-state index < -0.39 is 0 Å². The average Bonchev–Trinajstić information content (AvgIpc) is 3.31. The Labute approximate surface area is 135 Å². The minimum Gasteiger partial charge on any atom is -0.394 e. The van der Waals surface area contributed by atoms with E-state index in [-0.39, 0.29) is 36.4 Å². The smallest absolute Gasteiger partial charge is 0.223 e. The molecule has 2 fully saturated rings. The monoisotopic (exact) mass is 314 g/mol. The summed E-state index contributed by atoms with van der Waals surface area (Å²) in [6, 6.07) is 7.71. The molecule has 1 saturated heterocycles. The van der Waals surface area contributed by atoms with E-state index in [1.165, 1.54) is 0 Å². The Morgan fingerprint density at radius 1 is 1.26 bits per heavy atom. The van der Waals surface area contributed by atoms with Crippen LogP contribution in [-0.4, -0.2) is 47.1 Å². The van der Waals surface area contributed by atoms with E-state index >= 15 is 0 Å². The summed E-state index contributed by atoms with van der Waals surface area (Å²) in [6.45, 7) is 2.07. The molecule has 2 heterocycles. The highest BCUT2D eigenvalue weighted by Gasteiger charge is 2.55. The van der Waals surface area contributed by atoms with Gasteiger partial charge < -0.3 is 14.9 Å². The lowest BCUT2D eigenvalue weighted by atomic mass is 9.71. The molecule has 1 aromatic rings. The molecule has 0 aromatic heterocycles. The molecule has 122 valence electrons. The molecular formula is C18H22N2O3. The van der Waals surface area contributed by atoms with E-state index in [0.717, 1.165) is 24.1 Å². The van der Waals surface area contributed by atoms with Gasteiger partial charge in [0.05, 0.1) is 18.7 Å². The first-order valence-electron chi connectivity index (χ1n) is 8.41. The van der Waals surface area contributed by atoms with Crippen molar-refractivity contribution in [3.05, 3.63) is 29.8 Å². The molecule has 5 nitrogen and oxygen atoms in total. The Hall–Kier alpha value is -1.88. The molecule has 0 bridgehead atoms. The van der Waals surface area contributed by atoms with Crippen molar-refractivity contribution in [2.24, 2.45) is 5.92 Å². The normalized spacial score (nSPS) is 28.7. The topological polar surface area (TPSA) is 60.9 Å². The van der Waals surface area contributed by atoms with Crippen molar-refractivity contribution in [3.63, 3.8) is 0 Å². The predicted molar refractivity (Wildman–Crippen MR) is 86.1 cm³/mol. The molecule has 2 amide bonds. The van der Waals surface area contributed by atoms with Crippen LogP contribution in [0.5, 0.6) is 0 Å². The van der Waals surface area contributed by atoms with Crippen LogP contribution in [0, 0.1) is 5.92 Å². The second-order valence-electron chi connectivity index (χ2n) is 6.98. The van der Waals surface area contributed by atoms with E-state index in [4.69, 9.17) is 0 Å². The fraction of sp³-hybridized carbons (Fsp3) is 0.556. The fourth-order valence-electron chi connectivity index (χ4n) is 4.21. The highest BCUT2D eigenvalue weighted by atomic mass is 16.3. The van der Waals surface area contributed by atoms with Crippen molar-refractivity contribution in [3.8, 4) is 0 Å². The van der Waals surface area contributed by atoms with Gasteiger partial charge in [0.1, 0.15) is 0 Å². The third-order valence-corrected chi connectivity index (χ3v) is 5.52. The molecular weight excluding hydrogens is 292 g/mol. The molecule has 3 atom stereocenters. The number of anilines is 1. The molecule has 1 N–H and O–H groups in total. The number of carbonyl (C=O) groups is 2. The van der Waals surface area contributed by atoms with Crippen LogP contribution in [0.15, 0.2) is 24.3 Å². The summed E-state index contributed by atoms with van der Waals surface area (Å²) in [5.41, 5.74) is 2.00. The van der Waals surface area contributed by atoms with Crippen LogP contribution in [-0.2, 0) is 9.59 Å². The Balaban J connectivity index is 1.66. The van der Waals surface area contributed by atoms with Crippen LogP contribution in [0.4, 0.5) is 5.69 Å². The maximum Gasteiger partial charge on any atom is 0.223 e. The quantitative estimate of drug-likeness (QED) is 0.920. The number of para-hydroxylation sites is 1. The molecule has 1 saturated carbocycles. The van der Waals surface area contributed by atoms with E-state index in [1.54, 1.807) is 11.8 Å². The molecule has 2 aliphatic heterocycles. The predicted octanol–water partition coefficient (Wildman–Crippen LogP) is 1.51. The second-order valence-corrected chi connectivity index (χ2v) is 6.98. The van der Waals surface area contributed by atoms with Gasteiger partial charge in [0.25, 0.3) is 0 Å². The molecule has 3 aliphatic rings. The van der Waals surface area contributed by atoms with Crippen molar-refractivity contribution in [1.29, 1.82) is 0 Å². The zero-order valence-corrected chi connectivity index (χ0v) is 13.3. The number of hydrogen-bond donors (Lipinski definition) is 1. The largest absolute Gasteiger partial charge is 0.394 e. The highest BCUT2D eigenvalue weighted by molar-refractivity contribution is 5.94. The van der Waals surface area contributed by atoms with Crippen molar-refractivity contribution < 1.29 is 14.7 Å². The summed E-state index contributed by atoms with van der Waals surface area (Å²) in [5, 5.41) is 9.82. The molecule has 1 aromatic carbocycles. The van der Waals surface area contributed by atoms with Gasteiger partial charge in [0, 0.05) is 31.5 Å². The van der Waals surface area contributed by atoms with Crippen molar-refractivity contribution >= 4 is 17.5 Å². The first kappa shape index (κ1) is 14.7. The van der Waals surface area contributed by atoms with E-state index in [2.05, 4.69) is 0 Å². The summed E-state index contributed by atoms with van der Waals surface area (Å²) in [5.74, 6) is 0.796. The lowest BCUT2D eigenvalue weighted by molar-refractivity contribution is -0.151. The number of carbonyl (C=O) groups excluding carboxylic acids is 2. The van der Waals surface area contributed by atoms with E-state index in [1.807, 2.05) is 29.2 Å². The first-order chi connectivity index (χ1) is 11.1. The molecule has 0 spiro atoms. The summed E-state index contributed by atoms with van der Waals surface area (Å²) >= 11 is 0. The minimum absolute atomic E-state index is 0.00191. The maximum absolute atomic E-state index is 12.6. The van der Waals surface area contributed by atoms with Gasteiger partial charge in [-0.05, 0) is 30.4 Å². The second kappa shape index (κ2) is 5.34. The number of amides is 2. The summed E-state index contributed by atoms with van der Waals surface area (Å²) in [4.78, 5) is 28.2. The molecule has 0 unspecified atom stereocenters. The highest BCUT2D eigenvalue weighted by Crippen LogP contribution is 2.49. The zero-order chi connectivity index (χ0) is 16.1. The molecule has 5 heteroatoms. The van der Waals surface area contributed by atoms with Gasteiger partial charge in [-0.25, -0.2) is 0 Å². The van der Waals surface area contributed by atoms with Crippen LogP contribution in [0.25, 0.3) is 0 Å². The van der Waals surface area contributed by atoms with Crippen LogP contribution in [0.1, 0.15) is 37.7 Å². The molecule has 4 rings (SSSR count). The number of fused-ring (bicyclic) bond motifs is 3. The van der Waals surface area contributed by atoms with Gasteiger partial charge in [-0.2, -0.15) is 0 Å². The van der Waals surface area contributed by atoms with Crippen LogP contribution in [0.3, 0.4) is 0 Å². The Morgan fingerprint density at radius 2 is 2.00 bits per heavy atom. The van der Waals surface area contributed by atoms with Gasteiger partial charge in [-0.1, -0.05) is 18.2 Å². The maximum atomic E-state index is 12.6. The number of rotatable bonds is 3. The van der Waals surface area contributed by atoms with E-state index in [9.17, 15) is 14.7 Å². The third kappa shape index (κ3) is 2.26. The number of likely N-dealkylation sites (tertiary alicyclic amines) is 1. The van der Waals surface area contributed by atoms with Gasteiger partial charge in [0.15, 0.2) is 0 Å². The van der Waals surface area contributed by atoms with Gasteiger partial charge >= 0.3 is 0 Å². The lowest BCUT2D eigenvalue weighted by Crippen LogP contribution is -2.70. The van der Waals surface area contributed by atoms with Gasteiger partial charge in [0.2, 0.25) is 11.8 Å².